The lowest BCUT2D eigenvalue weighted by atomic mass is 10.1. The van der Waals surface area contributed by atoms with E-state index in [-0.39, 0.29) is 6.10 Å². The highest BCUT2D eigenvalue weighted by Gasteiger charge is 2.16. The van der Waals surface area contributed by atoms with Crippen molar-refractivity contribution in [2.45, 2.75) is 71.6 Å². The third-order valence-corrected chi connectivity index (χ3v) is 5.15. The predicted octanol–water partition coefficient (Wildman–Crippen LogP) is 5.53. The molecule has 0 bridgehead atoms. The molecule has 2 aromatic rings. The molecule has 0 atom stereocenters. The first-order valence-electron chi connectivity index (χ1n) is 11.0. The van der Waals surface area contributed by atoms with Gasteiger partial charge in [0.25, 0.3) is 0 Å². The molecule has 29 heavy (non-hydrogen) atoms. The molecule has 4 heteroatoms. The van der Waals surface area contributed by atoms with Crippen molar-refractivity contribution in [3.63, 3.8) is 0 Å². The Morgan fingerprint density at radius 2 is 1.83 bits per heavy atom. The van der Waals surface area contributed by atoms with Gasteiger partial charge in [-0.05, 0) is 81.3 Å². The molecule has 0 saturated heterocycles. The van der Waals surface area contributed by atoms with E-state index in [0.717, 1.165) is 36.8 Å². The maximum absolute atomic E-state index is 6.10. The Balaban J connectivity index is 1.45. The van der Waals surface area contributed by atoms with E-state index < -0.39 is 0 Å². The van der Waals surface area contributed by atoms with Gasteiger partial charge < -0.3 is 19.5 Å². The van der Waals surface area contributed by atoms with Gasteiger partial charge in [-0.25, -0.2) is 0 Å². The van der Waals surface area contributed by atoms with Gasteiger partial charge in [-0.15, -0.1) is 0 Å². The second-order valence-electron chi connectivity index (χ2n) is 8.00. The minimum atomic E-state index is 0.127. The molecule has 0 aromatic heterocycles. The summed E-state index contributed by atoms with van der Waals surface area (Å²) in [5, 5.41) is 3.46. The molecule has 1 aliphatic carbocycles. The molecular formula is C25H35NO3. The van der Waals surface area contributed by atoms with Crippen molar-refractivity contribution < 1.29 is 14.2 Å². The fourth-order valence-corrected chi connectivity index (χ4v) is 3.63. The summed E-state index contributed by atoms with van der Waals surface area (Å²) in [5.74, 6) is 2.63. The fourth-order valence-electron chi connectivity index (χ4n) is 3.63. The number of rotatable bonds is 11. The van der Waals surface area contributed by atoms with Gasteiger partial charge in [0.1, 0.15) is 12.4 Å². The highest BCUT2D eigenvalue weighted by atomic mass is 16.5. The van der Waals surface area contributed by atoms with Crippen molar-refractivity contribution >= 4 is 0 Å². The standard InChI is InChI=1S/C25H35NO3/c1-4-20-12-13-24(28-19(2)3)25(17-20)27-15-14-26-18-21-8-7-11-23(16-21)29-22-9-5-6-10-22/h7-8,11-13,16-17,19,22,26H,4-6,9-10,14-15,18H2,1-3H3. The Morgan fingerprint density at radius 3 is 2.59 bits per heavy atom. The molecule has 0 aliphatic heterocycles. The zero-order chi connectivity index (χ0) is 20.5. The van der Waals surface area contributed by atoms with Crippen LogP contribution in [0.4, 0.5) is 0 Å². The Kier molecular flexibility index (Phi) is 8.24. The van der Waals surface area contributed by atoms with Gasteiger partial charge in [-0.1, -0.05) is 25.1 Å². The van der Waals surface area contributed by atoms with Crippen LogP contribution in [0.5, 0.6) is 17.2 Å². The van der Waals surface area contributed by atoms with E-state index in [1.54, 1.807) is 0 Å². The van der Waals surface area contributed by atoms with Crippen molar-refractivity contribution in [1.29, 1.82) is 0 Å². The average molecular weight is 398 g/mol. The molecule has 1 aliphatic rings. The minimum Gasteiger partial charge on any atom is -0.490 e. The number of hydrogen-bond acceptors (Lipinski definition) is 4. The van der Waals surface area contributed by atoms with E-state index in [9.17, 15) is 0 Å². The lowest BCUT2D eigenvalue weighted by Crippen LogP contribution is -2.21. The van der Waals surface area contributed by atoms with E-state index in [4.69, 9.17) is 14.2 Å². The Bertz CT molecular complexity index is 753. The minimum absolute atomic E-state index is 0.127. The van der Waals surface area contributed by atoms with Crippen molar-refractivity contribution in [2.75, 3.05) is 13.2 Å². The maximum atomic E-state index is 6.10. The molecule has 1 N–H and O–H groups in total. The SMILES string of the molecule is CCc1ccc(OC(C)C)c(OCCNCc2cccc(OC3CCCC3)c2)c1. The van der Waals surface area contributed by atoms with Crippen molar-refractivity contribution in [2.24, 2.45) is 0 Å². The molecule has 1 saturated carbocycles. The number of hydrogen-bond donors (Lipinski definition) is 1. The van der Waals surface area contributed by atoms with E-state index >= 15 is 0 Å². The fraction of sp³-hybridized carbons (Fsp3) is 0.520. The van der Waals surface area contributed by atoms with Crippen LogP contribution >= 0.6 is 0 Å². The predicted molar refractivity (Wildman–Crippen MR) is 118 cm³/mol. The third-order valence-electron chi connectivity index (χ3n) is 5.15. The third kappa shape index (κ3) is 6.97. The molecule has 4 nitrogen and oxygen atoms in total. The van der Waals surface area contributed by atoms with Crippen molar-refractivity contribution in [1.82, 2.24) is 5.32 Å². The van der Waals surface area contributed by atoms with Crippen LogP contribution in [0.2, 0.25) is 0 Å². The van der Waals surface area contributed by atoms with E-state index in [1.807, 2.05) is 19.9 Å². The van der Waals surface area contributed by atoms with Crippen LogP contribution in [0.15, 0.2) is 42.5 Å². The van der Waals surface area contributed by atoms with Crippen LogP contribution in [0.3, 0.4) is 0 Å². The van der Waals surface area contributed by atoms with Gasteiger partial charge in [0.05, 0.1) is 12.2 Å². The van der Waals surface area contributed by atoms with Gasteiger partial charge in [-0.3, -0.25) is 0 Å². The summed E-state index contributed by atoms with van der Waals surface area (Å²) in [6, 6.07) is 14.6. The molecule has 158 valence electrons. The molecule has 0 amide bonds. The average Bonchev–Trinajstić information content (AvgIpc) is 3.21. The van der Waals surface area contributed by atoms with Crippen LogP contribution in [0.1, 0.15) is 57.6 Å². The highest BCUT2D eigenvalue weighted by molar-refractivity contribution is 5.43. The number of aryl methyl sites for hydroxylation is 1. The summed E-state index contributed by atoms with van der Waals surface area (Å²) in [6.45, 7) is 8.38. The Hall–Kier alpha value is -2.20. The second kappa shape index (κ2) is 11.1. The monoisotopic (exact) mass is 397 g/mol. The van der Waals surface area contributed by atoms with Crippen molar-refractivity contribution in [3.8, 4) is 17.2 Å². The molecule has 0 spiro atoms. The lowest BCUT2D eigenvalue weighted by Gasteiger charge is -2.16. The van der Waals surface area contributed by atoms with Crippen molar-refractivity contribution in [3.05, 3.63) is 53.6 Å². The van der Waals surface area contributed by atoms with Crippen LogP contribution in [-0.2, 0) is 13.0 Å². The molecule has 1 fully saturated rings. The zero-order valence-corrected chi connectivity index (χ0v) is 18.1. The topological polar surface area (TPSA) is 39.7 Å². The summed E-state index contributed by atoms with van der Waals surface area (Å²) in [4.78, 5) is 0. The van der Waals surface area contributed by atoms with Gasteiger partial charge in [0, 0.05) is 13.1 Å². The highest BCUT2D eigenvalue weighted by Crippen LogP contribution is 2.29. The zero-order valence-electron chi connectivity index (χ0n) is 18.1. The van der Waals surface area contributed by atoms with Gasteiger partial charge >= 0.3 is 0 Å². The van der Waals surface area contributed by atoms with Gasteiger partial charge in [0.2, 0.25) is 0 Å². The largest absolute Gasteiger partial charge is 0.490 e. The van der Waals surface area contributed by atoms with E-state index in [0.29, 0.717) is 12.7 Å². The Morgan fingerprint density at radius 1 is 1.00 bits per heavy atom. The first kappa shape index (κ1) is 21.5. The summed E-state index contributed by atoms with van der Waals surface area (Å²) in [5.41, 5.74) is 2.49. The summed E-state index contributed by atoms with van der Waals surface area (Å²) >= 11 is 0. The van der Waals surface area contributed by atoms with Crippen LogP contribution in [-0.4, -0.2) is 25.4 Å². The van der Waals surface area contributed by atoms with Gasteiger partial charge in [0.15, 0.2) is 11.5 Å². The normalized spacial score (nSPS) is 14.3. The first-order valence-corrected chi connectivity index (χ1v) is 11.0. The second-order valence-corrected chi connectivity index (χ2v) is 8.00. The molecular weight excluding hydrogens is 362 g/mol. The number of benzene rings is 2. The molecule has 0 heterocycles. The summed E-state index contributed by atoms with van der Waals surface area (Å²) in [7, 11) is 0. The molecule has 0 unspecified atom stereocenters. The molecule has 3 rings (SSSR count). The number of nitrogens with one attached hydrogen (secondary N) is 1. The van der Waals surface area contributed by atoms with Crippen LogP contribution < -0.4 is 19.5 Å². The van der Waals surface area contributed by atoms with E-state index in [1.165, 1.54) is 36.8 Å². The van der Waals surface area contributed by atoms with Gasteiger partial charge in [-0.2, -0.15) is 0 Å². The quantitative estimate of drug-likeness (QED) is 0.506. The summed E-state index contributed by atoms with van der Waals surface area (Å²) in [6.07, 6.45) is 6.45. The smallest absolute Gasteiger partial charge is 0.161 e. The summed E-state index contributed by atoms with van der Waals surface area (Å²) < 4.78 is 18.0. The maximum Gasteiger partial charge on any atom is 0.161 e. The Labute approximate surface area is 175 Å². The first-order chi connectivity index (χ1) is 14.1. The molecule has 2 aromatic carbocycles. The van der Waals surface area contributed by atoms with E-state index in [2.05, 4.69) is 48.6 Å². The van der Waals surface area contributed by atoms with Crippen LogP contribution in [0, 0.1) is 0 Å². The number of ether oxygens (including phenoxy) is 3. The lowest BCUT2D eigenvalue weighted by molar-refractivity contribution is 0.210. The molecule has 0 radical (unpaired) electrons. The van der Waals surface area contributed by atoms with Crippen LogP contribution in [0.25, 0.3) is 0 Å².